The maximum atomic E-state index is 13.2. The van der Waals surface area contributed by atoms with Crippen molar-refractivity contribution in [3.63, 3.8) is 0 Å². The van der Waals surface area contributed by atoms with Crippen LogP contribution in [0.15, 0.2) is 24.3 Å². The average molecular weight is 212 g/mol. The van der Waals surface area contributed by atoms with Crippen LogP contribution in [0.4, 0.5) is 4.39 Å². The normalized spacial score (nSPS) is 25.9. The molecule has 0 aromatic carbocycles. The van der Waals surface area contributed by atoms with E-state index in [0.29, 0.717) is 0 Å². The molecule has 2 atom stereocenters. The zero-order chi connectivity index (χ0) is 11.1. The van der Waals surface area contributed by atoms with Gasteiger partial charge in [0.15, 0.2) is 12.3 Å². The van der Waals surface area contributed by atoms with Crippen LogP contribution in [0.2, 0.25) is 0 Å². The molecule has 0 saturated heterocycles. The van der Waals surface area contributed by atoms with Crippen molar-refractivity contribution < 1.29 is 13.9 Å². The Morgan fingerprint density at radius 3 is 3.07 bits per heavy atom. The fourth-order valence-electron chi connectivity index (χ4n) is 1.41. The Kier molecular flexibility index (Phi) is 5.08. The monoisotopic (exact) mass is 212 g/mol. The molecule has 0 fully saturated rings. The van der Waals surface area contributed by atoms with Gasteiger partial charge in [-0.2, -0.15) is 0 Å². The number of esters is 1. The Labute approximate surface area is 89.8 Å². The molecule has 84 valence electrons. The number of unbranched alkanes of at least 4 members (excludes halogenated alkanes) is 3. The molecule has 15 heavy (non-hydrogen) atoms. The molecule has 0 radical (unpaired) electrons. The number of carbonyl (C=O) groups excluding carboxylic acids is 1. The van der Waals surface area contributed by atoms with Crippen LogP contribution < -0.4 is 0 Å². The van der Waals surface area contributed by atoms with Crippen LogP contribution >= 0.6 is 0 Å². The zero-order valence-corrected chi connectivity index (χ0v) is 8.99. The zero-order valence-electron chi connectivity index (χ0n) is 8.99. The number of rotatable bonds is 5. The SMILES string of the molecule is CCCCC/C=C\[C@@H]1OC(=O)C=C[C@H]1F. The van der Waals surface area contributed by atoms with Gasteiger partial charge >= 0.3 is 5.97 Å². The topological polar surface area (TPSA) is 26.3 Å². The van der Waals surface area contributed by atoms with Crippen LogP contribution in [-0.4, -0.2) is 18.2 Å². The third-order valence-corrected chi connectivity index (χ3v) is 2.28. The number of hydrogen-bond donors (Lipinski definition) is 0. The van der Waals surface area contributed by atoms with E-state index >= 15 is 0 Å². The molecule has 0 N–H and O–H groups in total. The van der Waals surface area contributed by atoms with Crippen molar-refractivity contribution in [3.8, 4) is 0 Å². The lowest BCUT2D eigenvalue weighted by Gasteiger charge is -2.18. The minimum Gasteiger partial charge on any atom is -0.451 e. The summed E-state index contributed by atoms with van der Waals surface area (Å²) in [5.41, 5.74) is 0. The summed E-state index contributed by atoms with van der Waals surface area (Å²) in [4.78, 5) is 10.8. The van der Waals surface area contributed by atoms with E-state index in [4.69, 9.17) is 4.74 Å². The first kappa shape index (κ1) is 12.0. The van der Waals surface area contributed by atoms with E-state index in [-0.39, 0.29) is 0 Å². The molecule has 0 aliphatic carbocycles. The summed E-state index contributed by atoms with van der Waals surface area (Å²) in [6.45, 7) is 2.13. The van der Waals surface area contributed by atoms with E-state index in [1.807, 2.05) is 6.08 Å². The molecule has 1 rings (SSSR count). The Morgan fingerprint density at radius 2 is 2.33 bits per heavy atom. The fourth-order valence-corrected chi connectivity index (χ4v) is 1.41. The quantitative estimate of drug-likeness (QED) is 0.398. The van der Waals surface area contributed by atoms with Gasteiger partial charge in [0.1, 0.15) is 0 Å². The highest BCUT2D eigenvalue weighted by molar-refractivity contribution is 5.83. The lowest BCUT2D eigenvalue weighted by molar-refractivity contribution is -0.144. The van der Waals surface area contributed by atoms with Gasteiger partial charge in [-0.05, 0) is 25.0 Å². The smallest absolute Gasteiger partial charge is 0.331 e. The summed E-state index contributed by atoms with van der Waals surface area (Å²) in [5, 5.41) is 0. The summed E-state index contributed by atoms with van der Waals surface area (Å²) in [6, 6.07) is 0. The highest BCUT2D eigenvalue weighted by Gasteiger charge is 2.23. The lowest BCUT2D eigenvalue weighted by Crippen LogP contribution is -2.28. The predicted octanol–water partition coefficient (Wildman–Crippen LogP) is 2.94. The molecule has 1 aliphatic heterocycles. The highest BCUT2D eigenvalue weighted by atomic mass is 19.1. The average Bonchev–Trinajstić information content (AvgIpc) is 2.23. The van der Waals surface area contributed by atoms with Crippen molar-refractivity contribution in [2.45, 2.75) is 44.9 Å². The lowest BCUT2D eigenvalue weighted by atomic mass is 10.1. The van der Waals surface area contributed by atoms with E-state index in [9.17, 15) is 9.18 Å². The van der Waals surface area contributed by atoms with Crippen molar-refractivity contribution in [1.82, 2.24) is 0 Å². The third-order valence-electron chi connectivity index (χ3n) is 2.28. The van der Waals surface area contributed by atoms with Gasteiger partial charge in [-0.25, -0.2) is 9.18 Å². The summed E-state index contributed by atoms with van der Waals surface area (Å²) < 4.78 is 18.0. The third kappa shape index (κ3) is 4.28. The molecular formula is C12H17FO2. The largest absolute Gasteiger partial charge is 0.451 e. The summed E-state index contributed by atoms with van der Waals surface area (Å²) in [6.07, 6.45) is 8.32. The molecule has 0 saturated carbocycles. The first-order valence-corrected chi connectivity index (χ1v) is 5.43. The Morgan fingerprint density at radius 1 is 1.53 bits per heavy atom. The van der Waals surface area contributed by atoms with Gasteiger partial charge < -0.3 is 4.74 Å². The van der Waals surface area contributed by atoms with Gasteiger partial charge in [0, 0.05) is 6.08 Å². The summed E-state index contributed by atoms with van der Waals surface area (Å²) >= 11 is 0. The number of carbonyl (C=O) groups is 1. The fraction of sp³-hybridized carbons (Fsp3) is 0.583. The van der Waals surface area contributed by atoms with Gasteiger partial charge in [0.2, 0.25) is 0 Å². The predicted molar refractivity (Wildman–Crippen MR) is 57.2 cm³/mol. The first-order valence-electron chi connectivity index (χ1n) is 5.43. The van der Waals surface area contributed by atoms with E-state index < -0.39 is 18.2 Å². The van der Waals surface area contributed by atoms with Gasteiger partial charge in [-0.15, -0.1) is 0 Å². The van der Waals surface area contributed by atoms with Gasteiger partial charge in [-0.1, -0.05) is 25.8 Å². The number of alkyl halides is 1. The van der Waals surface area contributed by atoms with Crippen molar-refractivity contribution in [3.05, 3.63) is 24.3 Å². The molecule has 2 nitrogen and oxygen atoms in total. The molecule has 0 bridgehead atoms. The van der Waals surface area contributed by atoms with Crippen molar-refractivity contribution in [2.24, 2.45) is 0 Å². The van der Waals surface area contributed by atoms with Gasteiger partial charge in [-0.3, -0.25) is 0 Å². The van der Waals surface area contributed by atoms with Crippen molar-refractivity contribution in [2.75, 3.05) is 0 Å². The number of allylic oxidation sites excluding steroid dienone is 1. The molecule has 3 heteroatoms. The molecule has 1 heterocycles. The van der Waals surface area contributed by atoms with Crippen LogP contribution in [0.1, 0.15) is 32.6 Å². The van der Waals surface area contributed by atoms with Crippen molar-refractivity contribution >= 4 is 5.97 Å². The van der Waals surface area contributed by atoms with Crippen LogP contribution in [0.25, 0.3) is 0 Å². The molecule has 0 spiro atoms. The van der Waals surface area contributed by atoms with Gasteiger partial charge in [0.05, 0.1) is 0 Å². The Bertz CT molecular complexity index is 258. The Balaban J connectivity index is 2.31. The van der Waals surface area contributed by atoms with Crippen LogP contribution in [0.3, 0.4) is 0 Å². The number of hydrogen-bond acceptors (Lipinski definition) is 2. The summed E-state index contributed by atoms with van der Waals surface area (Å²) in [7, 11) is 0. The molecular weight excluding hydrogens is 195 g/mol. The molecule has 0 unspecified atom stereocenters. The minimum atomic E-state index is -1.20. The second-order valence-corrected chi connectivity index (χ2v) is 3.63. The maximum Gasteiger partial charge on any atom is 0.331 e. The molecule has 0 aromatic heterocycles. The van der Waals surface area contributed by atoms with E-state index in [1.54, 1.807) is 6.08 Å². The Hall–Kier alpha value is -1.12. The minimum absolute atomic E-state index is 0.466. The van der Waals surface area contributed by atoms with E-state index in [2.05, 4.69) is 6.92 Å². The van der Waals surface area contributed by atoms with Crippen LogP contribution in [0, 0.1) is 0 Å². The first-order chi connectivity index (χ1) is 7.24. The standard InChI is InChI=1S/C12H17FO2/c1-2-3-4-5-6-7-11-10(13)8-9-12(14)15-11/h6-11H,2-5H2,1H3/b7-6-/t10-,11+/m1/s1. The van der Waals surface area contributed by atoms with Crippen molar-refractivity contribution in [1.29, 1.82) is 0 Å². The summed E-state index contributed by atoms with van der Waals surface area (Å²) in [5.74, 6) is -0.466. The van der Waals surface area contributed by atoms with Gasteiger partial charge in [0.25, 0.3) is 0 Å². The van der Waals surface area contributed by atoms with Crippen LogP contribution in [-0.2, 0) is 9.53 Å². The van der Waals surface area contributed by atoms with E-state index in [1.165, 1.54) is 18.9 Å². The number of ether oxygens (including phenoxy) is 1. The number of halogens is 1. The maximum absolute atomic E-state index is 13.2. The highest BCUT2D eigenvalue weighted by Crippen LogP contribution is 2.14. The van der Waals surface area contributed by atoms with Crippen LogP contribution in [0.5, 0.6) is 0 Å². The second kappa shape index (κ2) is 6.38. The second-order valence-electron chi connectivity index (χ2n) is 3.63. The van der Waals surface area contributed by atoms with E-state index in [0.717, 1.165) is 18.9 Å². The molecule has 1 aliphatic rings. The number of cyclic esters (lactones) is 1. The molecule has 0 amide bonds. The molecule has 0 aromatic rings.